The Morgan fingerprint density at radius 1 is 1.05 bits per heavy atom. The summed E-state index contributed by atoms with van der Waals surface area (Å²) in [4.78, 5) is 0. The zero-order valence-electron chi connectivity index (χ0n) is 12.9. The minimum absolute atomic E-state index is 0.0378. The van der Waals surface area contributed by atoms with Crippen LogP contribution in [0.2, 0.25) is 0 Å². The average molecular weight is 305 g/mol. The van der Waals surface area contributed by atoms with Gasteiger partial charge in [-0.2, -0.15) is 0 Å². The highest BCUT2D eigenvalue weighted by molar-refractivity contribution is 5.35. The number of benzene rings is 2. The minimum atomic E-state index is -2.79. The third-order valence-corrected chi connectivity index (χ3v) is 3.64. The first-order valence-corrected chi connectivity index (χ1v) is 7.33. The summed E-state index contributed by atoms with van der Waals surface area (Å²) < 4.78 is 26.2. The molecule has 0 heterocycles. The van der Waals surface area contributed by atoms with Crippen molar-refractivity contribution < 1.29 is 13.9 Å². The smallest absolute Gasteiger partial charge is 0.270 e. The van der Waals surface area contributed by atoms with Crippen LogP contribution in [-0.4, -0.2) is 11.7 Å². The summed E-state index contributed by atoms with van der Waals surface area (Å²) in [5, 5.41) is 12.8. The highest BCUT2D eigenvalue weighted by atomic mass is 19.3. The third-order valence-electron chi connectivity index (χ3n) is 3.64. The van der Waals surface area contributed by atoms with E-state index in [1.165, 1.54) is 12.1 Å². The molecule has 0 aromatic heterocycles. The van der Waals surface area contributed by atoms with E-state index < -0.39 is 5.92 Å². The SMILES string of the molecule is Cc1cc(CCNCc2ccc(C(C)(F)F)cc2)ccc1O. The van der Waals surface area contributed by atoms with Crippen molar-refractivity contribution in [2.75, 3.05) is 6.54 Å². The third kappa shape index (κ3) is 4.53. The minimum Gasteiger partial charge on any atom is -0.508 e. The molecule has 0 bridgehead atoms. The van der Waals surface area contributed by atoms with Crippen LogP contribution in [0.5, 0.6) is 5.75 Å². The van der Waals surface area contributed by atoms with Crippen molar-refractivity contribution in [1.82, 2.24) is 5.32 Å². The summed E-state index contributed by atoms with van der Waals surface area (Å²) in [6.45, 7) is 4.21. The number of nitrogens with one attached hydrogen (secondary N) is 1. The monoisotopic (exact) mass is 305 g/mol. The van der Waals surface area contributed by atoms with Crippen molar-refractivity contribution in [3.05, 3.63) is 64.7 Å². The molecule has 0 aliphatic heterocycles. The molecule has 2 aromatic carbocycles. The first-order chi connectivity index (χ1) is 10.4. The maximum Gasteiger partial charge on any atom is 0.270 e. The van der Waals surface area contributed by atoms with Crippen LogP contribution >= 0.6 is 0 Å². The molecule has 0 fully saturated rings. The Morgan fingerprint density at radius 3 is 2.27 bits per heavy atom. The molecule has 2 rings (SSSR count). The predicted molar refractivity (Wildman–Crippen MR) is 84.3 cm³/mol. The van der Waals surface area contributed by atoms with E-state index in [1.807, 2.05) is 19.1 Å². The molecule has 0 saturated carbocycles. The van der Waals surface area contributed by atoms with Crippen molar-refractivity contribution >= 4 is 0 Å². The quantitative estimate of drug-likeness (QED) is 0.786. The first kappa shape index (κ1) is 16.4. The molecule has 0 aliphatic carbocycles. The lowest BCUT2D eigenvalue weighted by Crippen LogP contribution is -2.17. The Hall–Kier alpha value is -1.94. The number of rotatable bonds is 6. The van der Waals surface area contributed by atoms with E-state index in [0.717, 1.165) is 36.6 Å². The highest BCUT2D eigenvalue weighted by Gasteiger charge is 2.23. The van der Waals surface area contributed by atoms with Crippen LogP contribution < -0.4 is 5.32 Å². The second-order valence-electron chi connectivity index (χ2n) is 5.63. The van der Waals surface area contributed by atoms with E-state index in [2.05, 4.69) is 5.32 Å². The van der Waals surface area contributed by atoms with Crippen LogP contribution in [-0.2, 0) is 18.9 Å². The van der Waals surface area contributed by atoms with E-state index >= 15 is 0 Å². The fourth-order valence-corrected chi connectivity index (χ4v) is 2.25. The first-order valence-electron chi connectivity index (χ1n) is 7.33. The molecule has 22 heavy (non-hydrogen) atoms. The molecule has 4 heteroatoms. The van der Waals surface area contributed by atoms with Gasteiger partial charge >= 0.3 is 0 Å². The lowest BCUT2D eigenvalue weighted by Gasteiger charge is -2.11. The Morgan fingerprint density at radius 2 is 1.68 bits per heavy atom. The molecule has 2 aromatic rings. The van der Waals surface area contributed by atoms with Gasteiger partial charge in [0.2, 0.25) is 0 Å². The van der Waals surface area contributed by atoms with Crippen molar-refractivity contribution in [3.63, 3.8) is 0 Å². The number of alkyl halides is 2. The molecule has 0 radical (unpaired) electrons. The van der Waals surface area contributed by atoms with Crippen LogP contribution in [0.3, 0.4) is 0 Å². The van der Waals surface area contributed by atoms with Gasteiger partial charge in [0, 0.05) is 19.0 Å². The Kier molecular flexibility index (Phi) is 5.14. The van der Waals surface area contributed by atoms with Gasteiger partial charge in [-0.15, -0.1) is 0 Å². The van der Waals surface area contributed by atoms with Gasteiger partial charge in [-0.3, -0.25) is 0 Å². The number of phenolic OH excluding ortho intramolecular Hbond substituents is 1. The molecular weight excluding hydrogens is 284 g/mol. The Balaban J connectivity index is 1.80. The van der Waals surface area contributed by atoms with Crippen LogP contribution in [0.25, 0.3) is 0 Å². The molecule has 0 spiro atoms. The van der Waals surface area contributed by atoms with Gasteiger partial charge in [0.05, 0.1) is 0 Å². The number of hydrogen-bond acceptors (Lipinski definition) is 2. The van der Waals surface area contributed by atoms with Gasteiger partial charge in [0.1, 0.15) is 5.75 Å². The summed E-state index contributed by atoms with van der Waals surface area (Å²) in [6.07, 6.45) is 0.853. The highest BCUT2D eigenvalue weighted by Crippen LogP contribution is 2.26. The summed E-state index contributed by atoms with van der Waals surface area (Å²) >= 11 is 0. The molecule has 118 valence electrons. The lowest BCUT2D eigenvalue weighted by molar-refractivity contribution is 0.0174. The van der Waals surface area contributed by atoms with Gasteiger partial charge in [-0.1, -0.05) is 36.4 Å². The number of phenols is 1. The van der Waals surface area contributed by atoms with Crippen LogP contribution in [0.1, 0.15) is 29.2 Å². The predicted octanol–water partition coefficient (Wildman–Crippen LogP) is 4.14. The number of aromatic hydroxyl groups is 1. The van der Waals surface area contributed by atoms with Crippen LogP contribution in [0.4, 0.5) is 8.78 Å². The zero-order valence-corrected chi connectivity index (χ0v) is 12.9. The fraction of sp³-hybridized carbons (Fsp3) is 0.333. The molecule has 0 unspecified atom stereocenters. The molecule has 0 saturated heterocycles. The fourth-order valence-electron chi connectivity index (χ4n) is 2.25. The van der Waals surface area contributed by atoms with Gasteiger partial charge in [-0.05, 0) is 42.6 Å². The van der Waals surface area contributed by atoms with Gasteiger partial charge in [0.25, 0.3) is 5.92 Å². The Bertz CT molecular complexity index is 618. The molecule has 2 nitrogen and oxygen atoms in total. The average Bonchev–Trinajstić information content (AvgIpc) is 2.47. The van der Waals surface area contributed by atoms with Crippen molar-refractivity contribution in [2.45, 2.75) is 32.7 Å². The summed E-state index contributed by atoms with van der Waals surface area (Å²) in [5.41, 5.74) is 3.04. The molecule has 2 N–H and O–H groups in total. The van der Waals surface area contributed by atoms with E-state index in [-0.39, 0.29) is 5.56 Å². The van der Waals surface area contributed by atoms with E-state index in [1.54, 1.807) is 18.2 Å². The van der Waals surface area contributed by atoms with Crippen molar-refractivity contribution in [1.29, 1.82) is 0 Å². The second kappa shape index (κ2) is 6.88. The van der Waals surface area contributed by atoms with E-state index in [0.29, 0.717) is 12.3 Å². The largest absolute Gasteiger partial charge is 0.508 e. The standard InChI is InChI=1S/C18H21F2NO/c1-13-11-14(5-8-17(13)22)9-10-21-12-15-3-6-16(7-4-15)18(2,19)20/h3-8,11,21-22H,9-10,12H2,1-2H3. The number of hydrogen-bond donors (Lipinski definition) is 2. The van der Waals surface area contributed by atoms with Gasteiger partial charge in [-0.25, -0.2) is 8.78 Å². The Labute approximate surface area is 129 Å². The molecule has 0 amide bonds. The lowest BCUT2D eigenvalue weighted by atomic mass is 10.1. The van der Waals surface area contributed by atoms with Crippen molar-refractivity contribution in [3.8, 4) is 5.75 Å². The topological polar surface area (TPSA) is 32.3 Å². The number of halogens is 2. The van der Waals surface area contributed by atoms with Crippen LogP contribution in [0.15, 0.2) is 42.5 Å². The maximum atomic E-state index is 13.1. The van der Waals surface area contributed by atoms with Gasteiger partial charge < -0.3 is 10.4 Å². The van der Waals surface area contributed by atoms with Gasteiger partial charge in [0.15, 0.2) is 0 Å². The number of aryl methyl sites for hydroxylation is 1. The molecule has 0 atom stereocenters. The maximum absolute atomic E-state index is 13.1. The molecule has 0 aliphatic rings. The normalized spacial score (nSPS) is 11.6. The van der Waals surface area contributed by atoms with Crippen molar-refractivity contribution in [2.24, 2.45) is 0 Å². The molecular formula is C18H21F2NO. The second-order valence-corrected chi connectivity index (χ2v) is 5.63. The summed E-state index contributed by atoms with van der Waals surface area (Å²) in [7, 11) is 0. The summed E-state index contributed by atoms with van der Waals surface area (Å²) in [6, 6.07) is 12.0. The zero-order chi connectivity index (χ0) is 16.2. The van der Waals surface area contributed by atoms with E-state index in [9.17, 15) is 13.9 Å². The van der Waals surface area contributed by atoms with Crippen LogP contribution in [0, 0.1) is 6.92 Å². The summed E-state index contributed by atoms with van der Waals surface area (Å²) in [5.74, 6) is -2.48. The van der Waals surface area contributed by atoms with E-state index in [4.69, 9.17) is 0 Å².